The normalized spacial score (nSPS) is 10.9. The summed E-state index contributed by atoms with van der Waals surface area (Å²) in [6.45, 7) is 4.25. The lowest BCUT2D eigenvalue weighted by atomic mass is 9.94. The van der Waals surface area contributed by atoms with Crippen LogP contribution in [0.1, 0.15) is 33.4 Å². The predicted octanol–water partition coefficient (Wildman–Crippen LogP) is 10.7. The quantitative estimate of drug-likeness (QED) is 0.104. The number of aryl methyl sites for hydroxylation is 2. The van der Waals surface area contributed by atoms with Gasteiger partial charge in [-0.3, -0.25) is 0 Å². The predicted molar refractivity (Wildman–Crippen MR) is 184 cm³/mol. The maximum Gasteiger partial charge on any atom is 0.0652 e. The van der Waals surface area contributed by atoms with Crippen LogP contribution < -0.4 is 5.01 Å². The molecule has 208 valence electrons. The fourth-order valence-corrected chi connectivity index (χ4v) is 5.04. The van der Waals surface area contributed by atoms with Crippen LogP contribution in [0.4, 0.5) is 11.4 Å². The lowest BCUT2D eigenvalue weighted by Gasteiger charge is -2.19. The van der Waals surface area contributed by atoms with Gasteiger partial charge in [0.15, 0.2) is 0 Å². The largest absolute Gasteiger partial charge is 0.234 e. The van der Waals surface area contributed by atoms with E-state index in [1.54, 1.807) is 0 Å². The molecule has 2 nitrogen and oxygen atoms in total. The molecule has 0 radical (unpaired) electrons. The summed E-state index contributed by atoms with van der Waals surface area (Å²) in [4.78, 5) is 0. The third kappa shape index (κ3) is 6.89. The Morgan fingerprint density at radius 1 is 0.465 bits per heavy atom. The molecule has 0 atom stereocenters. The molecule has 0 aromatic heterocycles. The molecule has 0 saturated carbocycles. The molecule has 0 saturated heterocycles. The standard InChI is InChI=1S/C41H34N2/c1-31-13-21-37(22-14-31)41(38-23-15-32(2)16-24-38)29-33-17-25-35(26-18-33)36-27-19-34(20-28-36)30-42-43(39-9-5-3-6-10-39)40-11-7-4-8-12-40/h3-30H,1-2H3. The number of hydrogen-bond acceptors (Lipinski definition) is 2. The van der Waals surface area contributed by atoms with Gasteiger partial charge < -0.3 is 0 Å². The van der Waals surface area contributed by atoms with Crippen LogP contribution in [0, 0.1) is 13.8 Å². The van der Waals surface area contributed by atoms with E-state index >= 15 is 0 Å². The highest BCUT2D eigenvalue weighted by Gasteiger charge is 2.08. The van der Waals surface area contributed by atoms with E-state index in [-0.39, 0.29) is 0 Å². The minimum absolute atomic E-state index is 1.02. The van der Waals surface area contributed by atoms with Crippen molar-refractivity contribution in [2.75, 3.05) is 5.01 Å². The Balaban J connectivity index is 1.23. The van der Waals surface area contributed by atoms with Crippen LogP contribution in [-0.2, 0) is 0 Å². The topological polar surface area (TPSA) is 15.6 Å². The third-order valence-corrected chi connectivity index (χ3v) is 7.51. The van der Waals surface area contributed by atoms with Crippen molar-refractivity contribution in [1.82, 2.24) is 0 Å². The van der Waals surface area contributed by atoms with Crippen molar-refractivity contribution in [3.63, 3.8) is 0 Å². The molecule has 0 aliphatic rings. The van der Waals surface area contributed by atoms with Crippen LogP contribution in [-0.4, -0.2) is 6.21 Å². The Morgan fingerprint density at radius 2 is 0.884 bits per heavy atom. The summed E-state index contributed by atoms with van der Waals surface area (Å²) in [5.41, 5.74) is 12.8. The molecule has 0 aliphatic heterocycles. The van der Waals surface area contributed by atoms with E-state index in [9.17, 15) is 0 Å². The van der Waals surface area contributed by atoms with Gasteiger partial charge in [-0.2, -0.15) is 5.10 Å². The Labute approximate surface area is 254 Å². The van der Waals surface area contributed by atoms with E-state index in [1.807, 2.05) is 47.6 Å². The fraction of sp³-hybridized carbons (Fsp3) is 0.0488. The molecule has 0 aliphatic carbocycles. The Bertz CT molecular complexity index is 1730. The summed E-state index contributed by atoms with van der Waals surface area (Å²) in [5, 5.41) is 6.80. The molecule has 6 rings (SSSR count). The SMILES string of the molecule is Cc1ccc(C(=Cc2ccc(-c3ccc(C=NN(c4ccccc4)c4ccccc4)cc3)cc2)c2ccc(C)cc2)cc1. The summed E-state index contributed by atoms with van der Waals surface area (Å²) >= 11 is 0. The zero-order chi connectivity index (χ0) is 29.4. The highest BCUT2D eigenvalue weighted by atomic mass is 15.5. The molecule has 0 N–H and O–H groups in total. The van der Waals surface area contributed by atoms with Gasteiger partial charge >= 0.3 is 0 Å². The molecule has 43 heavy (non-hydrogen) atoms. The average molecular weight is 555 g/mol. The zero-order valence-corrected chi connectivity index (χ0v) is 24.6. The minimum Gasteiger partial charge on any atom is -0.234 e. The summed E-state index contributed by atoms with van der Waals surface area (Å²) in [6.07, 6.45) is 4.19. The number of benzene rings is 6. The van der Waals surface area contributed by atoms with Crippen LogP contribution in [0.5, 0.6) is 0 Å². The molecule has 6 aromatic carbocycles. The van der Waals surface area contributed by atoms with Crippen molar-refractivity contribution in [2.24, 2.45) is 5.10 Å². The molecule has 2 heteroatoms. The average Bonchev–Trinajstić information content (AvgIpc) is 3.06. The molecular formula is C41H34N2. The van der Waals surface area contributed by atoms with Gasteiger partial charge in [0, 0.05) is 0 Å². The smallest absolute Gasteiger partial charge is 0.0652 e. The van der Waals surface area contributed by atoms with Gasteiger partial charge in [0.2, 0.25) is 0 Å². The van der Waals surface area contributed by atoms with Crippen LogP contribution in [0.3, 0.4) is 0 Å². The maximum absolute atomic E-state index is 4.84. The molecule has 0 spiro atoms. The summed E-state index contributed by atoms with van der Waals surface area (Å²) in [7, 11) is 0. The van der Waals surface area contributed by atoms with Crippen LogP contribution in [0.2, 0.25) is 0 Å². The van der Waals surface area contributed by atoms with Crippen molar-refractivity contribution in [3.05, 3.63) is 191 Å². The lowest BCUT2D eigenvalue weighted by molar-refractivity contribution is 1.09. The first kappa shape index (κ1) is 27.7. The Morgan fingerprint density at radius 3 is 1.33 bits per heavy atom. The second-order valence-electron chi connectivity index (χ2n) is 10.8. The van der Waals surface area contributed by atoms with Gasteiger partial charge in [0.1, 0.15) is 0 Å². The van der Waals surface area contributed by atoms with Crippen LogP contribution in [0.25, 0.3) is 22.8 Å². The van der Waals surface area contributed by atoms with E-state index in [4.69, 9.17) is 5.10 Å². The maximum atomic E-state index is 4.84. The number of hydrogen-bond donors (Lipinski definition) is 0. The minimum atomic E-state index is 1.02. The summed E-state index contributed by atoms with van der Waals surface area (Å²) in [5.74, 6) is 0. The van der Waals surface area contributed by atoms with Crippen molar-refractivity contribution in [2.45, 2.75) is 13.8 Å². The first-order chi connectivity index (χ1) is 21.1. The number of para-hydroxylation sites is 2. The molecule has 0 bridgehead atoms. The van der Waals surface area contributed by atoms with Gasteiger partial charge in [-0.05, 0) is 83.1 Å². The molecule has 0 amide bonds. The van der Waals surface area contributed by atoms with Gasteiger partial charge in [-0.1, -0.05) is 145 Å². The van der Waals surface area contributed by atoms with Crippen molar-refractivity contribution < 1.29 is 0 Å². The Hall–Kier alpha value is -5.47. The highest BCUT2D eigenvalue weighted by molar-refractivity contribution is 5.92. The summed E-state index contributed by atoms with van der Waals surface area (Å²) in [6, 6.07) is 55.3. The molecule has 0 heterocycles. The van der Waals surface area contributed by atoms with Crippen molar-refractivity contribution >= 4 is 29.2 Å². The van der Waals surface area contributed by atoms with Gasteiger partial charge in [0.05, 0.1) is 17.6 Å². The fourth-order valence-electron chi connectivity index (χ4n) is 5.04. The third-order valence-electron chi connectivity index (χ3n) is 7.51. The number of anilines is 2. The van der Waals surface area contributed by atoms with Crippen molar-refractivity contribution in [1.29, 1.82) is 0 Å². The molecular weight excluding hydrogens is 520 g/mol. The number of nitrogens with zero attached hydrogens (tertiary/aromatic N) is 2. The number of rotatable bonds is 8. The van der Waals surface area contributed by atoms with Gasteiger partial charge in [-0.25, -0.2) is 5.01 Å². The lowest BCUT2D eigenvalue weighted by Crippen LogP contribution is -2.09. The monoisotopic (exact) mass is 554 g/mol. The zero-order valence-electron chi connectivity index (χ0n) is 24.6. The first-order valence-corrected chi connectivity index (χ1v) is 14.6. The molecule has 6 aromatic rings. The second kappa shape index (κ2) is 13.0. The first-order valence-electron chi connectivity index (χ1n) is 14.6. The van der Waals surface area contributed by atoms with E-state index in [0.717, 1.165) is 16.9 Å². The molecule has 0 fully saturated rings. The Kier molecular flexibility index (Phi) is 8.38. The van der Waals surface area contributed by atoms with E-state index in [1.165, 1.54) is 44.5 Å². The molecule has 0 unspecified atom stereocenters. The number of hydrazone groups is 1. The van der Waals surface area contributed by atoms with Crippen LogP contribution >= 0.6 is 0 Å². The van der Waals surface area contributed by atoms with Gasteiger partial charge in [-0.15, -0.1) is 0 Å². The van der Waals surface area contributed by atoms with Crippen molar-refractivity contribution in [3.8, 4) is 11.1 Å². The van der Waals surface area contributed by atoms with E-state index < -0.39 is 0 Å². The van der Waals surface area contributed by atoms with E-state index in [0.29, 0.717) is 0 Å². The van der Waals surface area contributed by atoms with Crippen LogP contribution in [0.15, 0.2) is 163 Å². The highest BCUT2D eigenvalue weighted by Crippen LogP contribution is 2.29. The van der Waals surface area contributed by atoms with E-state index in [2.05, 4.69) is 141 Å². The summed E-state index contributed by atoms with van der Waals surface area (Å²) < 4.78 is 0. The van der Waals surface area contributed by atoms with Gasteiger partial charge in [0.25, 0.3) is 0 Å². The second-order valence-corrected chi connectivity index (χ2v) is 10.8.